The second-order valence-electron chi connectivity index (χ2n) is 4.08. The van der Waals surface area contributed by atoms with Crippen LogP contribution < -0.4 is 5.32 Å². The van der Waals surface area contributed by atoms with Crippen molar-refractivity contribution < 1.29 is 9.18 Å². The molecule has 0 saturated heterocycles. The fourth-order valence-electron chi connectivity index (χ4n) is 1.90. The van der Waals surface area contributed by atoms with Gasteiger partial charge < -0.3 is 9.72 Å². The summed E-state index contributed by atoms with van der Waals surface area (Å²) in [7, 11) is 0. The number of carbonyl (C=O) groups excluding carboxylic acids is 1. The summed E-state index contributed by atoms with van der Waals surface area (Å²) in [5, 5.41) is 2.58. The highest BCUT2D eigenvalue weighted by Gasteiger charge is 2.05. The van der Waals surface area contributed by atoms with Crippen LogP contribution in [0.4, 0.5) is 10.1 Å². The molecule has 0 saturated carbocycles. The number of nitrogens with one attached hydrogen (secondary N) is 1. The van der Waals surface area contributed by atoms with Crippen LogP contribution in [-0.4, -0.2) is 15.8 Å². The summed E-state index contributed by atoms with van der Waals surface area (Å²) >= 11 is 0. The first-order chi connectivity index (χ1) is 9.26. The van der Waals surface area contributed by atoms with E-state index in [0.29, 0.717) is 12.1 Å². The van der Waals surface area contributed by atoms with Crippen LogP contribution >= 0.6 is 0 Å². The highest BCUT2D eigenvalue weighted by molar-refractivity contribution is 5.72. The zero-order valence-electron chi connectivity index (χ0n) is 9.88. The second-order valence-corrected chi connectivity index (χ2v) is 4.08. The number of imidazole rings is 1. The second kappa shape index (κ2) is 4.53. The van der Waals surface area contributed by atoms with Crippen molar-refractivity contribution in [2.24, 2.45) is 0 Å². The molecule has 0 fully saturated rings. The van der Waals surface area contributed by atoms with Gasteiger partial charge in [0.2, 0.25) is 6.41 Å². The molecule has 3 aromatic rings. The maximum absolute atomic E-state index is 12.9. The highest BCUT2D eigenvalue weighted by Crippen LogP contribution is 2.20. The van der Waals surface area contributed by atoms with E-state index in [9.17, 15) is 9.18 Å². The molecule has 1 amide bonds. The van der Waals surface area contributed by atoms with Crippen LogP contribution in [-0.2, 0) is 4.79 Å². The lowest BCUT2D eigenvalue weighted by Crippen LogP contribution is -1.95. The smallest absolute Gasteiger partial charge is 0.211 e. The molecule has 3 rings (SSSR count). The average molecular weight is 255 g/mol. The van der Waals surface area contributed by atoms with Crippen molar-refractivity contribution in [3.63, 3.8) is 0 Å². The normalized spacial score (nSPS) is 10.6. The van der Waals surface area contributed by atoms with Gasteiger partial charge in [-0.05, 0) is 36.4 Å². The number of aromatic nitrogens is 2. The van der Waals surface area contributed by atoms with Crippen molar-refractivity contribution in [3.05, 3.63) is 54.6 Å². The zero-order chi connectivity index (χ0) is 13.2. The third-order valence-electron chi connectivity index (χ3n) is 2.82. The Bertz CT molecular complexity index is 734. The summed E-state index contributed by atoms with van der Waals surface area (Å²) < 4.78 is 14.7. The topological polar surface area (TPSA) is 46.4 Å². The Morgan fingerprint density at radius 3 is 2.63 bits per heavy atom. The van der Waals surface area contributed by atoms with Crippen molar-refractivity contribution in [2.45, 2.75) is 0 Å². The van der Waals surface area contributed by atoms with E-state index < -0.39 is 0 Å². The summed E-state index contributed by atoms with van der Waals surface area (Å²) in [4.78, 5) is 14.8. The molecule has 4 nitrogen and oxygen atoms in total. The summed E-state index contributed by atoms with van der Waals surface area (Å²) in [5.41, 5.74) is 3.04. The minimum Gasteiger partial charge on any atom is -0.327 e. The lowest BCUT2D eigenvalue weighted by Gasteiger charge is -1.98. The first kappa shape index (κ1) is 11.4. The van der Waals surface area contributed by atoms with Gasteiger partial charge in [-0.2, -0.15) is 0 Å². The van der Waals surface area contributed by atoms with Gasteiger partial charge in [0.1, 0.15) is 11.5 Å². The highest BCUT2D eigenvalue weighted by atomic mass is 19.1. The van der Waals surface area contributed by atoms with Crippen LogP contribution in [0.1, 0.15) is 0 Å². The van der Waals surface area contributed by atoms with Crippen molar-refractivity contribution in [1.29, 1.82) is 0 Å². The lowest BCUT2D eigenvalue weighted by molar-refractivity contribution is -0.105. The average Bonchev–Trinajstić information content (AvgIpc) is 2.83. The van der Waals surface area contributed by atoms with Crippen LogP contribution in [0.3, 0.4) is 0 Å². The number of pyridine rings is 1. The number of rotatable bonds is 3. The van der Waals surface area contributed by atoms with Crippen molar-refractivity contribution in [1.82, 2.24) is 9.38 Å². The molecule has 0 radical (unpaired) electrons. The third kappa shape index (κ3) is 2.18. The van der Waals surface area contributed by atoms with Gasteiger partial charge in [0, 0.05) is 18.0 Å². The summed E-state index contributed by atoms with van der Waals surface area (Å²) in [6.45, 7) is 0. The largest absolute Gasteiger partial charge is 0.327 e. The molecule has 0 unspecified atom stereocenters. The molecule has 5 heteroatoms. The molecule has 2 aromatic heterocycles. The van der Waals surface area contributed by atoms with Gasteiger partial charge in [-0.1, -0.05) is 0 Å². The predicted octanol–water partition coefficient (Wildman–Crippen LogP) is 2.71. The number of halogens is 1. The first-order valence-electron chi connectivity index (χ1n) is 5.71. The zero-order valence-corrected chi connectivity index (χ0v) is 9.88. The van der Waals surface area contributed by atoms with Gasteiger partial charge in [-0.3, -0.25) is 4.79 Å². The summed E-state index contributed by atoms with van der Waals surface area (Å²) in [6, 6.07) is 9.74. The monoisotopic (exact) mass is 255 g/mol. The quantitative estimate of drug-likeness (QED) is 0.731. The Labute approximate surface area is 108 Å². The first-order valence-corrected chi connectivity index (χ1v) is 5.71. The molecule has 94 valence electrons. The molecular weight excluding hydrogens is 245 g/mol. The Kier molecular flexibility index (Phi) is 2.72. The molecule has 0 atom stereocenters. The molecule has 0 aliphatic rings. The number of fused-ring (bicyclic) bond motifs is 1. The SMILES string of the molecule is O=CNc1ccc2nc(-c3ccc(F)cc3)cn2c1. The molecule has 0 aliphatic heterocycles. The van der Waals surface area contributed by atoms with Gasteiger partial charge in [0.25, 0.3) is 0 Å². The maximum Gasteiger partial charge on any atom is 0.211 e. The Balaban J connectivity index is 2.05. The number of hydrogen-bond donors (Lipinski definition) is 1. The van der Waals surface area contributed by atoms with E-state index in [4.69, 9.17) is 0 Å². The predicted molar refractivity (Wildman–Crippen MR) is 70.3 cm³/mol. The molecular formula is C14H10FN3O. The molecule has 19 heavy (non-hydrogen) atoms. The van der Waals surface area contributed by atoms with E-state index in [1.807, 2.05) is 10.6 Å². The summed E-state index contributed by atoms with van der Waals surface area (Å²) in [5.74, 6) is -0.273. The number of nitrogens with zero attached hydrogens (tertiary/aromatic N) is 2. The fourth-order valence-corrected chi connectivity index (χ4v) is 1.90. The van der Waals surface area contributed by atoms with E-state index in [2.05, 4.69) is 10.3 Å². The molecule has 2 heterocycles. The van der Waals surface area contributed by atoms with E-state index in [-0.39, 0.29) is 5.82 Å². The van der Waals surface area contributed by atoms with E-state index >= 15 is 0 Å². The van der Waals surface area contributed by atoms with Gasteiger partial charge >= 0.3 is 0 Å². The number of amides is 1. The van der Waals surface area contributed by atoms with Crippen LogP contribution in [0.25, 0.3) is 16.9 Å². The number of benzene rings is 1. The van der Waals surface area contributed by atoms with Gasteiger partial charge in [-0.15, -0.1) is 0 Å². The number of anilines is 1. The Hall–Kier alpha value is -2.69. The van der Waals surface area contributed by atoms with Crippen LogP contribution in [0, 0.1) is 5.82 Å². The molecule has 1 N–H and O–H groups in total. The summed E-state index contributed by atoms with van der Waals surface area (Å²) in [6.07, 6.45) is 4.22. The van der Waals surface area contributed by atoms with Crippen LogP contribution in [0.2, 0.25) is 0 Å². The van der Waals surface area contributed by atoms with Crippen LogP contribution in [0.5, 0.6) is 0 Å². The van der Waals surface area contributed by atoms with Crippen molar-refractivity contribution in [2.75, 3.05) is 5.32 Å². The third-order valence-corrected chi connectivity index (χ3v) is 2.82. The van der Waals surface area contributed by atoms with Crippen molar-refractivity contribution >= 4 is 17.7 Å². The maximum atomic E-state index is 12.9. The van der Waals surface area contributed by atoms with Gasteiger partial charge in [-0.25, -0.2) is 9.37 Å². The minimum absolute atomic E-state index is 0.273. The molecule has 1 aromatic carbocycles. The van der Waals surface area contributed by atoms with Gasteiger partial charge in [0.05, 0.1) is 11.4 Å². The number of carbonyl (C=O) groups is 1. The van der Waals surface area contributed by atoms with Gasteiger partial charge in [0.15, 0.2) is 0 Å². The number of hydrogen-bond acceptors (Lipinski definition) is 2. The molecule has 0 bridgehead atoms. The fraction of sp³-hybridized carbons (Fsp3) is 0. The van der Waals surface area contributed by atoms with E-state index in [1.54, 1.807) is 30.5 Å². The Morgan fingerprint density at radius 1 is 1.11 bits per heavy atom. The minimum atomic E-state index is -0.273. The molecule has 0 spiro atoms. The van der Waals surface area contributed by atoms with Crippen LogP contribution in [0.15, 0.2) is 48.8 Å². The van der Waals surface area contributed by atoms with E-state index in [1.165, 1.54) is 12.1 Å². The lowest BCUT2D eigenvalue weighted by atomic mass is 10.2. The molecule has 0 aliphatic carbocycles. The standard InChI is InChI=1S/C14H10FN3O/c15-11-3-1-10(2-4-11)13-8-18-7-12(16-9-19)5-6-14(18)17-13/h1-9H,(H,16,19). The van der Waals surface area contributed by atoms with Crippen molar-refractivity contribution in [3.8, 4) is 11.3 Å². The van der Waals surface area contributed by atoms with E-state index in [0.717, 1.165) is 16.9 Å². The Morgan fingerprint density at radius 2 is 1.89 bits per heavy atom.